The lowest BCUT2D eigenvalue weighted by Gasteiger charge is -2.31. The maximum atomic E-state index is 15.8. The molecule has 2 N–H and O–H groups in total. The van der Waals surface area contributed by atoms with Crippen molar-refractivity contribution < 1.29 is 37.1 Å². The van der Waals surface area contributed by atoms with Gasteiger partial charge in [-0.25, -0.2) is 9.18 Å². The van der Waals surface area contributed by atoms with E-state index >= 15 is 4.39 Å². The normalized spacial score (nSPS) is 16.3. The Bertz CT molecular complexity index is 2070. The molecule has 0 radical (unpaired) electrons. The van der Waals surface area contributed by atoms with Gasteiger partial charge in [-0.05, 0) is 61.8 Å². The Morgan fingerprint density at radius 3 is 2.44 bits per heavy atom. The number of halogens is 5. The van der Waals surface area contributed by atoms with Gasteiger partial charge in [-0.15, -0.1) is 11.3 Å². The highest BCUT2D eigenvalue weighted by Gasteiger charge is 2.38. The molecular formula is C34H27ClF4N4O4S. The molecule has 2 aliphatic heterocycles. The van der Waals surface area contributed by atoms with Gasteiger partial charge in [0, 0.05) is 44.9 Å². The number of benzene rings is 2. The number of amides is 2. The molecular weight excluding hydrogens is 672 g/mol. The second-order valence-corrected chi connectivity index (χ2v) is 13.1. The molecule has 5 heterocycles. The Morgan fingerprint density at radius 2 is 1.75 bits per heavy atom. The number of aliphatic carboxylic acids is 1. The number of alkyl halides is 4. The number of carboxylic acids is 1. The summed E-state index contributed by atoms with van der Waals surface area (Å²) < 4.78 is 50.4. The SMILES string of the molecule is O=C(O)C(F)(F)F.O=C1C=C(c2ccccc2)C(=O)N1Cc1cc2nccc(-c3cc(Cl)cc4ccn(CC5(F)CCNCC5)c34)c2s1. The van der Waals surface area contributed by atoms with Crippen molar-refractivity contribution in [1.82, 2.24) is 19.8 Å². The molecule has 2 aromatic carbocycles. The fourth-order valence-corrected chi connectivity index (χ4v) is 7.26. The average molecular weight is 699 g/mol. The summed E-state index contributed by atoms with van der Waals surface area (Å²) in [5.74, 6) is -3.39. The maximum absolute atomic E-state index is 15.8. The van der Waals surface area contributed by atoms with Gasteiger partial charge in [0.05, 0.1) is 34.4 Å². The van der Waals surface area contributed by atoms with E-state index in [1.165, 1.54) is 22.3 Å². The minimum Gasteiger partial charge on any atom is -0.475 e. The fraction of sp³-hybridized carbons (Fsp3) is 0.235. The van der Waals surface area contributed by atoms with Gasteiger partial charge < -0.3 is 15.0 Å². The summed E-state index contributed by atoms with van der Waals surface area (Å²) in [5.41, 5.74) is 3.37. The first-order valence-electron chi connectivity index (χ1n) is 14.8. The lowest BCUT2D eigenvalue weighted by molar-refractivity contribution is -0.192. The van der Waals surface area contributed by atoms with Crippen LogP contribution in [0.2, 0.25) is 5.02 Å². The second kappa shape index (κ2) is 13.1. The number of hydrogen-bond donors (Lipinski definition) is 2. The third-order valence-corrected chi connectivity index (χ3v) is 9.54. The van der Waals surface area contributed by atoms with Gasteiger partial charge in [-0.2, -0.15) is 13.2 Å². The summed E-state index contributed by atoms with van der Waals surface area (Å²) in [6.45, 7) is 1.76. The van der Waals surface area contributed by atoms with Crippen LogP contribution >= 0.6 is 22.9 Å². The Hall–Kier alpha value is -4.59. The number of pyridine rings is 1. The maximum Gasteiger partial charge on any atom is 0.490 e. The number of nitrogens with zero attached hydrogens (tertiary/aromatic N) is 3. The number of imide groups is 1. The van der Waals surface area contributed by atoms with Crippen molar-refractivity contribution >= 4 is 67.4 Å². The van der Waals surface area contributed by atoms with Crippen LogP contribution in [0, 0.1) is 0 Å². The van der Waals surface area contributed by atoms with Crippen LogP contribution in [0.4, 0.5) is 17.6 Å². The van der Waals surface area contributed by atoms with Crippen LogP contribution in [-0.2, 0) is 27.5 Å². The van der Waals surface area contributed by atoms with Crippen molar-refractivity contribution in [2.75, 3.05) is 13.1 Å². The largest absolute Gasteiger partial charge is 0.490 e. The van der Waals surface area contributed by atoms with Gasteiger partial charge in [0.2, 0.25) is 0 Å². The molecule has 0 atom stereocenters. The molecule has 2 aliphatic rings. The Labute approximate surface area is 280 Å². The van der Waals surface area contributed by atoms with Crippen LogP contribution in [0.1, 0.15) is 23.3 Å². The Morgan fingerprint density at radius 1 is 1.04 bits per heavy atom. The second-order valence-electron chi connectivity index (χ2n) is 11.5. The number of carboxylic acid groups (broad SMARTS) is 1. The minimum atomic E-state index is -5.08. The van der Waals surface area contributed by atoms with Crippen LogP contribution in [0.5, 0.6) is 0 Å². The van der Waals surface area contributed by atoms with Gasteiger partial charge in [0.15, 0.2) is 0 Å². The third-order valence-electron chi connectivity index (χ3n) is 8.18. The van der Waals surface area contributed by atoms with E-state index in [0.29, 0.717) is 36.5 Å². The van der Waals surface area contributed by atoms with Crippen molar-refractivity contribution in [2.24, 2.45) is 0 Å². The van der Waals surface area contributed by atoms with E-state index in [-0.39, 0.29) is 24.9 Å². The van der Waals surface area contributed by atoms with Crippen molar-refractivity contribution in [3.05, 3.63) is 94.6 Å². The molecule has 7 rings (SSSR count). The highest BCUT2D eigenvalue weighted by molar-refractivity contribution is 7.19. The molecule has 248 valence electrons. The summed E-state index contributed by atoms with van der Waals surface area (Å²) in [7, 11) is 0. The van der Waals surface area contributed by atoms with Crippen molar-refractivity contribution in [3.8, 4) is 11.1 Å². The Balaban J connectivity index is 0.000000519. The number of carbonyl (C=O) groups is 3. The zero-order valence-electron chi connectivity index (χ0n) is 25.1. The Kier molecular flexibility index (Phi) is 9.12. The first-order chi connectivity index (χ1) is 22.8. The number of nitrogens with one attached hydrogen (secondary N) is 1. The van der Waals surface area contributed by atoms with Crippen LogP contribution < -0.4 is 5.32 Å². The molecule has 14 heteroatoms. The van der Waals surface area contributed by atoms with Crippen molar-refractivity contribution in [1.29, 1.82) is 0 Å². The first-order valence-corrected chi connectivity index (χ1v) is 16.0. The van der Waals surface area contributed by atoms with E-state index in [2.05, 4.69) is 10.3 Å². The van der Waals surface area contributed by atoms with Gasteiger partial charge in [0.1, 0.15) is 5.67 Å². The predicted octanol–water partition coefficient (Wildman–Crippen LogP) is 7.25. The molecule has 48 heavy (non-hydrogen) atoms. The third kappa shape index (κ3) is 6.84. The summed E-state index contributed by atoms with van der Waals surface area (Å²) in [4.78, 5) is 41.6. The number of carbonyl (C=O) groups excluding carboxylic acids is 2. The van der Waals surface area contributed by atoms with E-state index in [1.54, 1.807) is 6.20 Å². The number of fused-ring (bicyclic) bond motifs is 2. The van der Waals surface area contributed by atoms with Crippen LogP contribution in [0.25, 0.3) is 37.8 Å². The molecule has 0 bridgehead atoms. The van der Waals surface area contributed by atoms with Gasteiger partial charge in [-0.1, -0.05) is 41.9 Å². The highest BCUT2D eigenvalue weighted by atomic mass is 35.5. The average Bonchev–Trinajstić information content (AvgIpc) is 3.72. The molecule has 0 unspecified atom stereocenters. The number of hydrogen-bond acceptors (Lipinski definition) is 6. The number of rotatable bonds is 6. The number of piperidine rings is 1. The molecule has 0 aliphatic carbocycles. The molecule has 0 spiro atoms. The topological polar surface area (TPSA) is 105 Å². The minimum absolute atomic E-state index is 0.157. The van der Waals surface area contributed by atoms with Crippen LogP contribution in [0.15, 0.2) is 79.1 Å². The molecule has 2 amide bonds. The molecule has 8 nitrogen and oxygen atoms in total. The molecule has 3 aromatic heterocycles. The molecule has 5 aromatic rings. The molecule has 1 fully saturated rings. The van der Waals surface area contributed by atoms with E-state index < -0.39 is 17.8 Å². The highest BCUT2D eigenvalue weighted by Crippen LogP contribution is 2.40. The van der Waals surface area contributed by atoms with E-state index in [1.807, 2.05) is 71.4 Å². The monoisotopic (exact) mass is 698 g/mol. The van der Waals surface area contributed by atoms with Gasteiger partial charge in [0.25, 0.3) is 11.8 Å². The van der Waals surface area contributed by atoms with E-state index in [4.69, 9.17) is 21.5 Å². The number of aromatic nitrogens is 2. The molecule has 1 saturated heterocycles. The number of thiophene rings is 1. The standard InChI is InChI=1S/C32H26ClFN4O2S.C2HF3O2/c33-22-14-21-7-13-37(19-32(34)8-11-35-12-9-32)29(21)26(15-22)24-6-10-36-27-16-23(41-30(24)27)18-38-28(39)17-25(31(38)40)20-4-2-1-3-5-20;3-2(4,5)1(6)7/h1-7,10,13-17,35H,8-9,11-12,18-19H2;(H,6,7). The van der Waals surface area contributed by atoms with E-state index in [0.717, 1.165) is 42.7 Å². The lowest BCUT2D eigenvalue weighted by Crippen LogP contribution is -2.41. The van der Waals surface area contributed by atoms with Crippen LogP contribution in [-0.4, -0.2) is 62.3 Å². The fourth-order valence-electron chi connectivity index (χ4n) is 5.90. The van der Waals surface area contributed by atoms with Crippen molar-refractivity contribution in [2.45, 2.75) is 37.8 Å². The quantitative estimate of drug-likeness (QED) is 0.143. The summed E-state index contributed by atoms with van der Waals surface area (Å²) >= 11 is 8.08. The van der Waals surface area contributed by atoms with Crippen molar-refractivity contribution in [3.63, 3.8) is 0 Å². The first kappa shape index (κ1) is 33.3. The summed E-state index contributed by atoms with van der Waals surface area (Å²) in [6, 6.07) is 18.9. The predicted molar refractivity (Wildman–Crippen MR) is 175 cm³/mol. The summed E-state index contributed by atoms with van der Waals surface area (Å²) in [5, 5.41) is 11.9. The smallest absolute Gasteiger partial charge is 0.475 e. The summed E-state index contributed by atoms with van der Waals surface area (Å²) in [6.07, 6.45) is 0.953. The zero-order chi connectivity index (χ0) is 34.2. The zero-order valence-corrected chi connectivity index (χ0v) is 26.6. The van der Waals surface area contributed by atoms with Gasteiger partial charge >= 0.3 is 12.1 Å². The molecule has 0 saturated carbocycles. The van der Waals surface area contributed by atoms with E-state index in [9.17, 15) is 22.8 Å². The van der Waals surface area contributed by atoms with Crippen LogP contribution in [0.3, 0.4) is 0 Å². The lowest BCUT2D eigenvalue weighted by atomic mass is 9.94. The van der Waals surface area contributed by atoms with Gasteiger partial charge in [-0.3, -0.25) is 19.5 Å².